The highest BCUT2D eigenvalue weighted by molar-refractivity contribution is 7.39. The molecule has 0 aromatic heterocycles. The topological polar surface area (TPSA) is 0 Å². The summed E-state index contributed by atoms with van der Waals surface area (Å²) >= 11 is 0. The van der Waals surface area contributed by atoms with Gasteiger partial charge in [-0.2, -0.15) is 0 Å². The van der Waals surface area contributed by atoms with Crippen molar-refractivity contribution in [3.63, 3.8) is 0 Å². The van der Waals surface area contributed by atoms with Gasteiger partial charge >= 0.3 is 0 Å². The van der Waals surface area contributed by atoms with Gasteiger partial charge in [0.15, 0.2) is 0 Å². The van der Waals surface area contributed by atoms with Crippen LogP contribution in [0.4, 0.5) is 0 Å². The Morgan fingerprint density at radius 1 is 1.27 bits per heavy atom. The smallest absolute Gasteiger partial charge is 0.0181 e. The lowest BCUT2D eigenvalue weighted by atomic mass is 10.1. The lowest BCUT2D eigenvalue weighted by Gasteiger charge is -2.22. The highest BCUT2D eigenvalue weighted by Gasteiger charge is 2.13. The zero-order valence-corrected chi connectivity index (χ0v) is 9.70. The maximum atomic E-state index is 2.38. The van der Waals surface area contributed by atoms with Crippen LogP contribution in [0.1, 0.15) is 47.5 Å². The van der Waals surface area contributed by atoms with Gasteiger partial charge in [0.2, 0.25) is 0 Å². The minimum atomic E-state index is 0.606. The Hall–Kier alpha value is 0.430. The van der Waals surface area contributed by atoms with E-state index in [0.717, 1.165) is 14.5 Å². The van der Waals surface area contributed by atoms with E-state index in [0.29, 0.717) is 5.16 Å². The molecule has 0 aliphatic heterocycles. The van der Waals surface area contributed by atoms with Gasteiger partial charge in [-0.25, -0.2) is 0 Å². The van der Waals surface area contributed by atoms with Crippen molar-refractivity contribution in [3.05, 3.63) is 0 Å². The number of rotatable bonds is 5. The predicted octanol–water partition coefficient (Wildman–Crippen LogP) is 3.90. The average molecular weight is 174 g/mol. The van der Waals surface area contributed by atoms with Gasteiger partial charge in [0, 0.05) is 0 Å². The molecule has 0 aromatic rings. The van der Waals surface area contributed by atoms with E-state index in [9.17, 15) is 0 Å². The fourth-order valence-corrected chi connectivity index (χ4v) is 2.47. The van der Waals surface area contributed by atoms with Crippen LogP contribution in [0, 0.1) is 5.92 Å². The molecule has 0 rings (SSSR count). The average Bonchev–Trinajstić information content (AvgIpc) is 1.87. The van der Waals surface area contributed by atoms with E-state index in [-0.39, 0.29) is 0 Å². The second-order valence-electron chi connectivity index (χ2n) is 4.35. The number of hydrogen-bond acceptors (Lipinski definition) is 0. The summed E-state index contributed by atoms with van der Waals surface area (Å²) < 4.78 is 0. The molecule has 0 radical (unpaired) electrons. The summed E-state index contributed by atoms with van der Waals surface area (Å²) in [6.07, 6.45) is 4.16. The van der Waals surface area contributed by atoms with Crippen LogP contribution in [-0.2, 0) is 0 Å². The molecule has 0 nitrogen and oxygen atoms in total. The molecule has 68 valence electrons. The van der Waals surface area contributed by atoms with Crippen molar-refractivity contribution in [2.75, 3.05) is 6.16 Å². The van der Waals surface area contributed by atoms with Crippen molar-refractivity contribution in [1.82, 2.24) is 0 Å². The normalized spacial score (nSPS) is 13.6. The first-order chi connectivity index (χ1) is 4.98. The molecule has 0 aliphatic rings. The van der Waals surface area contributed by atoms with E-state index in [4.69, 9.17) is 0 Å². The lowest BCUT2D eigenvalue weighted by molar-refractivity contribution is 0.621. The van der Waals surface area contributed by atoms with E-state index < -0.39 is 0 Å². The molecule has 0 N–H and O–H groups in total. The molecule has 0 heterocycles. The molecular formula is C10H23P. The van der Waals surface area contributed by atoms with E-state index in [2.05, 4.69) is 34.6 Å². The van der Waals surface area contributed by atoms with Gasteiger partial charge in [0.1, 0.15) is 0 Å². The van der Waals surface area contributed by atoms with Crippen molar-refractivity contribution >= 4 is 8.58 Å². The molecule has 0 saturated heterocycles. The van der Waals surface area contributed by atoms with Crippen LogP contribution in [0.15, 0.2) is 0 Å². The Balaban J connectivity index is 3.38. The molecule has 0 spiro atoms. The van der Waals surface area contributed by atoms with Gasteiger partial charge in [-0.1, -0.05) is 34.6 Å². The van der Waals surface area contributed by atoms with E-state index in [1.54, 1.807) is 0 Å². The third kappa shape index (κ3) is 6.81. The van der Waals surface area contributed by atoms with Gasteiger partial charge in [0.05, 0.1) is 0 Å². The Labute approximate surface area is 73.9 Å². The molecule has 0 aliphatic carbocycles. The van der Waals surface area contributed by atoms with Crippen molar-refractivity contribution in [2.24, 2.45) is 5.92 Å². The summed E-state index contributed by atoms with van der Waals surface area (Å²) in [4.78, 5) is 0. The molecule has 0 bridgehead atoms. The fraction of sp³-hybridized carbons (Fsp3) is 1.00. The number of hydrogen-bond donors (Lipinski definition) is 0. The Bertz CT molecular complexity index is 95.0. The summed E-state index contributed by atoms with van der Waals surface area (Å²) in [5, 5.41) is 0.606. The molecular weight excluding hydrogens is 151 g/mol. The van der Waals surface area contributed by atoms with Crippen LogP contribution in [0.3, 0.4) is 0 Å². The zero-order valence-electron chi connectivity index (χ0n) is 8.70. The molecule has 1 heteroatoms. The minimum absolute atomic E-state index is 0.606. The van der Waals surface area contributed by atoms with Gasteiger partial charge in [0.25, 0.3) is 0 Å². The molecule has 0 aromatic carbocycles. The molecule has 0 saturated carbocycles. The first-order valence-corrected chi connectivity index (χ1v) is 5.93. The van der Waals surface area contributed by atoms with Gasteiger partial charge in [-0.05, 0) is 30.1 Å². The summed E-state index contributed by atoms with van der Waals surface area (Å²) in [6, 6.07) is 0. The monoisotopic (exact) mass is 174 g/mol. The summed E-state index contributed by atoms with van der Waals surface area (Å²) in [5.41, 5.74) is 0. The van der Waals surface area contributed by atoms with Crippen LogP contribution < -0.4 is 0 Å². The lowest BCUT2D eigenvalue weighted by Crippen LogP contribution is -2.11. The zero-order chi connectivity index (χ0) is 8.91. The highest BCUT2D eigenvalue weighted by Crippen LogP contribution is 2.34. The first kappa shape index (κ1) is 11.4. The van der Waals surface area contributed by atoms with Crippen LogP contribution in [-0.4, -0.2) is 11.3 Å². The summed E-state index contributed by atoms with van der Waals surface area (Å²) in [7, 11) is 1.15. The van der Waals surface area contributed by atoms with Gasteiger partial charge in [-0.15, -0.1) is 8.58 Å². The van der Waals surface area contributed by atoms with Crippen LogP contribution in [0.5, 0.6) is 0 Å². The third-order valence-electron chi connectivity index (χ3n) is 2.21. The van der Waals surface area contributed by atoms with Crippen molar-refractivity contribution < 1.29 is 0 Å². The molecule has 1 atom stereocenters. The Kier molecular flexibility index (Phi) is 5.34. The van der Waals surface area contributed by atoms with Crippen molar-refractivity contribution in [1.29, 1.82) is 0 Å². The maximum absolute atomic E-state index is 2.38. The predicted molar refractivity (Wildman–Crippen MR) is 57.0 cm³/mol. The standard InChI is InChI=1S/C10H23P/c1-6-10(4,5)11-8-7-9(2)3/h9,11H,6-8H2,1-5H3. The summed E-state index contributed by atoms with van der Waals surface area (Å²) in [5.74, 6) is 0.884. The Morgan fingerprint density at radius 3 is 2.18 bits per heavy atom. The molecule has 0 amide bonds. The highest BCUT2D eigenvalue weighted by atomic mass is 31.1. The largest absolute Gasteiger partial charge is 0.116 e. The maximum Gasteiger partial charge on any atom is -0.0181 e. The fourth-order valence-electron chi connectivity index (χ4n) is 0.824. The first-order valence-electron chi connectivity index (χ1n) is 4.73. The van der Waals surface area contributed by atoms with E-state index in [1.807, 2.05) is 0 Å². The van der Waals surface area contributed by atoms with Crippen molar-refractivity contribution in [2.45, 2.75) is 52.6 Å². The molecule has 11 heavy (non-hydrogen) atoms. The van der Waals surface area contributed by atoms with Gasteiger partial charge in [-0.3, -0.25) is 0 Å². The summed E-state index contributed by atoms with van der Waals surface area (Å²) in [6.45, 7) is 11.7. The Morgan fingerprint density at radius 2 is 1.82 bits per heavy atom. The minimum Gasteiger partial charge on any atom is -0.116 e. The van der Waals surface area contributed by atoms with Gasteiger partial charge < -0.3 is 0 Å². The van der Waals surface area contributed by atoms with E-state index >= 15 is 0 Å². The third-order valence-corrected chi connectivity index (χ3v) is 4.06. The second-order valence-corrected chi connectivity index (χ2v) is 6.55. The SMILES string of the molecule is CCC(C)(C)PCCC(C)C. The molecule has 0 fully saturated rings. The molecule has 1 unspecified atom stereocenters. The van der Waals surface area contributed by atoms with Crippen LogP contribution >= 0.6 is 8.58 Å². The second kappa shape index (κ2) is 5.14. The van der Waals surface area contributed by atoms with Crippen molar-refractivity contribution in [3.8, 4) is 0 Å². The van der Waals surface area contributed by atoms with Crippen LogP contribution in [0.2, 0.25) is 0 Å². The quantitative estimate of drug-likeness (QED) is 0.554. The van der Waals surface area contributed by atoms with E-state index in [1.165, 1.54) is 19.0 Å². The van der Waals surface area contributed by atoms with Crippen LogP contribution in [0.25, 0.3) is 0 Å².